The third-order valence-corrected chi connectivity index (χ3v) is 1.48. The van der Waals surface area contributed by atoms with E-state index in [1.54, 1.807) is 0 Å². The molecule has 2 atom stereocenters. The lowest BCUT2D eigenvalue weighted by Gasteiger charge is -2.13. The molecule has 0 aliphatic carbocycles. The summed E-state index contributed by atoms with van der Waals surface area (Å²) in [5.74, 6) is -2.78. The Labute approximate surface area is 79.5 Å². The number of carbonyl (C=O) groups is 1. The molecule has 1 aliphatic heterocycles. The summed E-state index contributed by atoms with van der Waals surface area (Å²) in [7, 11) is 1.00. The first-order valence-corrected chi connectivity index (χ1v) is 3.64. The number of esters is 1. The summed E-state index contributed by atoms with van der Waals surface area (Å²) in [6.07, 6.45) is -2.78. The summed E-state index contributed by atoms with van der Waals surface area (Å²) in [4.78, 5) is 10.5. The third-order valence-electron chi connectivity index (χ3n) is 1.48. The molecule has 0 aromatic heterocycles. The van der Waals surface area contributed by atoms with Gasteiger partial charge in [0.05, 0.1) is 6.61 Å². The molecular weight excluding hydrogens is 196 g/mol. The van der Waals surface area contributed by atoms with Crippen molar-refractivity contribution < 1.29 is 35.1 Å². The van der Waals surface area contributed by atoms with Crippen LogP contribution in [0.2, 0.25) is 0 Å². The third kappa shape index (κ3) is 2.34. The summed E-state index contributed by atoms with van der Waals surface area (Å²) >= 11 is 0. The molecule has 1 unspecified atom stereocenters. The summed E-state index contributed by atoms with van der Waals surface area (Å²) in [5.41, 5.74) is 0. The quantitative estimate of drug-likeness (QED) is 0.339. The Kier molecular flexibility index (Phi) is 4.92. The number of carbonyl (C=O) groups excluding carboxylic acids is 1. The van der Waals surface area contributed by atoms with E-state index in [0.717, 1.165) is 7.11 Å². The van der Waals surface area contributed by atoms with E-state index in [1.807, 2.05) is 0 Å². The van der Waals surface area contributed by atoms with E-state index < -0.39 is 36.3 Å². The van der Waals surface area contributed by atoms with Crippen molar-refractivity contribution in [2.75, 3.05) is 13.7 Å². The molecule has 7 heteroatoms. The largest absolute Gasteiger partial charge is 0.505 e. The zero-order valence-electron chi connectivity index (χ0n) is 7.41. The molecule has 0 spiro atoms. The molecule has 1 rings (SSSR count). The van der Waals surface area contributed by atoms with E-state index in [4.69, 9.17) is 25.5 Å². The highest BCUT2D eigenvalue weighted by atomic mass is 16.6. The van der Waals surface area contributed by atoms with Crippen LogP contribution in [-0.2, 0) is 9.53 Å². The Balaban J connectivity index is 0.000000791. The molecule has 0 bridgehead atoms. The van der Waals surface area contributed by atoms with E-state index in [1.165, 1.54) is 0 Å². The minimum atomic E-state index is -1.42. The number of aliphatic hydroxyl groups excluding tert-OH is 5. The van der Waals surface area contributed by atoms with Crippen LogP contribution in [0.1, 0.15) is 0 Å². The first kappa shape index (κ1) is 12.7. The number of rotatable bonds is 2. The molecule has 5 N–H and O–H groups in total. The first-order chi connectivity index (χ1) is 6.57. The predicted octanol–water partition coefficient (Wildman–Crippen LogP) is -1.80. The molecule has 0 fully saturated rings. The molecule has 1 aliphatic rings. The molecule has 82 valence electrons. The maximum atomic E-state index is 10.5. The van der Waals surface area contributed by atoms with Crippen molar-refractivity contribution in [1.82, 2.24) is 0 Å². The number of ether oxygens (including phenoxy) is 1. The lowest BCUT2D eigenvalue weighted by atomic mass is 10.2. The van der Waals surface area contributed by atoms with Crippen molar-refractivity contribution in [3.63, 3.8) is 0 Å². The summed E-state index contributed by atoms with van der Waals surface area (Å²) in [6, 6.07) is 0. The highest BCUT2D eigenvalue weighted by molar-refractivity contribution is 5.89. The van der Waals surface area contributed by atoms with Gasteiger partial charge in [0.25, 0.3) is 0 Å². The average molecular weight is 208 g/mol. The Hall–Kier alpha value is -1.31. The molecule has 14 heavy (non-hydrogen) atoms. The summed E-state index contributed by atoms with van der Waals surface area (Å²) < 4.78 is 4.32. The molecule has 0 saturated heterocycles. The lowest BCUT2D eigenvalue weighted by molar-refractivity contribution is -0.147. The van der Waals surface area contributed by atoms with Crippen molar-refractivity contribution in [2.45, 2.75) is 12.2 Å². The predicted molar refractivity (Wildman–Crippen MR) is 43.4 cm³/mol. The van der Waals surface area contributed by atoms with Gasteiger partial charge in [-0.1, -0.05) is 0 Å². The Morgan fingerprint density at radius 2 is 1.93 bits per heavy atom. The Bertz CT molecular complexity index is 234. The number of hydrogen-bond donors (Lipinski definition) is 5. The standard InChI is InChI=1S/C6H8O6.CH4O/c7-1-2(8)5-3(9)4(10)6(11)12-5;1-2/h2,5,7-10H,1H2;2H,1H3/t2?,5-;/m1./s1. The average Bonchev–Trinajstić information content (AvgIpc) is 2.48. The zero-order chi connectivity index (χ0) is 11.3. The lowest BCUT2D eigenvalue weighted by Crippen LogP contribution is -2.31. The fraction of sp³-hybridized carbons (Fsp3) is 0.571. The van der Waals surface area contributed by atoms with Gasteiger partial charge in [-0.2, -0.15) is 0 Å². The van der Waals surface area contributed by atoms with Crippen LogP contribution >= 0.6 is 0 Å². The molecule has 0 radical (unpaired) electrons. The van der Waals surface area contributed by atoms with Gasteiger partial charge in [-0.15, -0.1) is 0 Å². The number of aliphatic hydroxyl groups is 5. The van der Waals surface area contributed by atoms with E-state index in [9.17, 15) is 4.79 Å². The number of hydrogen-bond acceptors (Lipinski definition) is 7. The van der Waals surface area contributed by atoms with Crippen molar-refractivity contribution in [2.24, 2.45) is 0 Å². The highest BCUT2D eigenvalue weighted by Gasteiger charge is 2.38. The second-order valence-electron chi connectivity index (χ2n) is 2.31. The Morgan fingerprint density at radius 3 is 2.21 bits per heavy atom. The maximum Gasteiger partial charge on any atom is 0.377 e. The minimum Gasteiger partial charge on any atom is -0.505 e. The molecule has 1 heterocycles. The van der Waals surface area contributed by atoms with Gasteiger partial charge in [0.2, 0.25) is 5.76 Å². The second-order valence-corrected chi connectivity index (χ2v) is 2.31. The van der Waals surface area contributed by atoms with Crippen LogP contribution in [0.3, 0.4) is 0 Å². The van der Waals surface area contributed by atoms with Crippen LogP contribution in [0.5, 0.6) is 0 Å². The fourth-order valence-corrected chi connectivity index (χ4v) is 0.823. The van der Waals surface area contributed by atoms with Crippen LogP contribution in [0.4, 0.5) is 0 Å². The second kappa shape index (κ2) is 5.43. The summed E-state index contributed by atoms with van der Waals surface area (Å²) in [6.45, 7) is -0.671. The van der Waals surface area contributed by atoms with E-state index in [2.05, 4.69) is 4.74 Å². The van der Waals surface area contributed by atoms with E-state index in [-0.39, 0.29) is 0 Å². The van der Waals surface area contributed by atoms with Crippen LogP contribution < -0.4 is 0 Å². The highest BCUT2D eigenvalue weighted by Crippen LogP contribution is 2.20. The first-order valence-electron chi connectivity index (χ1n) is 3.64. The number of cyclic esters (lactones) is 1. The van der Waals surface area contributed by atoms with E-state index in [0.29, 0.717) is 0 Å². The maximum absolute atomic E-state index is 10.5. The van der Waals surface area contributed by atoms with Crippen molar-refractivity contribution in [3.05, 3.63) is 11.5 Å². The molecule has 7 nitrogen and oxygen atoms in total. The molecule has 0 aromatic rings. The fourth-order valence-electron chi connectivity index (χ4n) is 0.823. The van der Waals surface area contributed by atoms with Gasteiger partial charge in [0.1, 0.15) is 6.10 Å². The minimum absolute atomic E-state index is 0.671. The van der Waals surface area contributed by atoms with Gasteiger partial charge in [-0.3, -0.25) is 0 Å². The van der Waals surface area contributed by atoms with E-state index >= 15 is 0 Å². The van der Waals surface area contributed by atoms with Crippen molar-refractivity contribution >= 4 is 5.97 Å². The van der Waals surface area contributed by atoms with Gasteiger partial charge in [-0.25, -0.2) is 4.79 Å². The van der Waals surface area contributed by atoms with Gasteiger partial charge >= 0.3 is 5.97 Å². The normalized spacial score (nSPS) is 22.6. The van der Waals surface area contributed by atoms with Crippen molar-refractivity contribution in [1.29, 1.82) is 0 Å². The van der Waals surface area contributed by atoms with Crippen molar-refractivity contribution in [3.8, 4) is 0 Å². The van der Waals surface area contributed by atoms with Gasteiger partial charge in [0.15, 0.2) is 11.9 Å². The summed E-state index contributed by atoms with van der Waals surface area (Å²) in [5, 5.41) is 42.0. The van der Waals surface area contributed by atoms with Crippen LogP contribution in [0.15, 0.2) is 11.5 Å². The van der Waals surface area contributed by atoms with Gasteiger partial charge in [-0.05, 0) is 0 Å². The van der Waals surface area contributed by atoms with Gasteiger partial charge < -0.3 is 30.3 Å². The molecule has 0 aromatic carbocycles. The molecular formula is C7H12O7. The smallest absolute Gasteiger partial charge is 0.377 e. The zero-order valence-corrected chi connectivity index (χ0v) is 7.41. The molecule has 0 saturated carbocycles. The van der Waals surface area contributed by atoms with Crippen LogP contribution in [0, 0.1) is 0 Å². The topological polar surface area (TPSA) is 127 Å². The van der Waals surface area contributed by atoms with Gasteiger partial charge in [0, 0.05) is 7.11 Å². The monoisotopic (exact) mass is 208 g/mol. The van der Waals surface area contributed by atoms with Crippen LogP contribution in [-0.4, -0.2) is 57.4 Å². The van der Waals surface area contributed by atoms with Crippen LogP contribution in [0.25, 0.3) is 0 Å². The molecule has 0 amide bonds. The SMILES string of the molecule is CO.O=C1O[C@H](C(O)CO)C(O)=C1O. The Morgan fingerprint density at radius 1 is 1.43 bits per heavy atom.